The number of hydrogen-bond donors (Lipinski definition) is 1. The number of rotatable bonds is 12. The topological polar surface area (TPSA) is 90.0 Å². The van der Waals surface area contributed by atoms with Crippen molar-refractivity contribution in [3.8, 4) is 0 Å². The largest absolute Gasteiger partial charge is 0.354 e. The maximum absolute atomic E-state index is 13.9. The Morgan fingerprint density at radius 3 is 2.19 bits per heavy atom. The van der Waals surface area contributed by atoms with Gasteiger partial charge in [0.25, 0.3) is 0 Å². The van der Waals surface area contributed by atoms with E-state index in [1.807, 2.05) is 77.9 Å². The van der Waals surface area contributed by atoms with Gasteiger partial charge in [0.05, 0.1) is 5.69 Å². The number of anilines is 1. The van der Waals surface area contributed by atoms with Crippen molar-refractivity contribution in [1.82, 2.24) is 14.5 Å². The highest BCUT2D eigenvalue weighted by atomic mass is 32.2. The Balaban J connectivity index is 2.54. The normalized spacial score (nSPS) is 12.5. The summed E-state index contributed by atoms with van der Waals surface area (Å²) < 4.78 is 29.1. The Hall–Kier alpha value is -2.91. The third-order valence-electron chi connectivity index (χ3n) is 6.16. The standard InChI is InChI=1S/C28H42N4O4S/c1-9-25(28(34)29-17-20(2)3)31(18-24-12-10-11-21(4)15-24)27(33)19-32(37(35,36)30(7)8)26-16-22(5)13-14-23(26)6/h10-16,20,25H,9,17-19H2,1-8H3,(H,29,34). The van der Waals surface area contributed by atoms with Crippen molar-refractivity contribution >= 4 is 27.7 Å². The van der Waals surface area contributed by atoms with Gasteiger partial charge < -0.3 is 10.2 Å². The summed E-state index contributed by atoms with van der Waals surface area (Å²) in [7, 11) is -1.11. The number of carbonyl (C=O) groups excluding carboxylic acids is 2. The predicted molar refractivity (Wildman–Crippen MR) is 150 cm³/mol. The third-order valence-corrected chi connectivity index (χ3v) is 7.96. The van der Waals surface area contributed by atoms with Crippen LogP contribution < -0.4 is 9.62 Å². The number of nitrogens with zero attached hydrogens (tertiary/aromatic N) is 3. The lowest BCUT2D eigenvalue weighted by Crippen LogP contribution is -2.53. The smallest absolute Gasteiger partial charge is 0.304 e. The Morgan fingerprint density at radius 2 is 1.62 bits per heavy atom. The van der Waals surface area contributed by atoms with Crippen molar-refractivity contribution in [2.75, 3.05) is 31.5 Å². The summed E-state index contributed by atoms with van der Waals surface area (Å²) in [6, 6.07) is 12.5. The van der Waals surface area contributed by atoms with E-state index in [1.165, 1.54) is 19.0 Å². The molecule has 204 valence electrons. The van der Waals surface area contributed by atoms with Gasteiger partial charge in [-0.2, -0.15) is 12.7 Å². The molecule has 0 fully saturated rings. The second kappa shape index (κ2) is 13.1. The SMILES string of the molecule is CCC(C(=O)NCC(C)C)N(Cc1cccc(C)c1)C(=O)CN(c1cc(C)ccc1C)S(=O)(=O)N(C)C. The Morgan fingerprint density at radius 1 is 0.973 bits per heavy atom. The fourth-order valence-electron chi connectivity index (χ4n) is 4.04. The summed E-state index contributed by atoms with van der Waals surface area (Å²) in [6.45, 7) is 11.8. The molecule has 0 bridgehead atoms. The Labute approximate surface area is 222 Å². The first kappa shape index (κ1) is 30.3. The van der Waals surface area contributed by atoms with E-state index < -0.39 is 28.7 Å². The van der Waals surface area contributed by atoms with Crippen LogP contribution in [0, 0.1) is 26.7 Å². The van der Waals surface area contributed by atoms with Crippen molar-refractivity contribution in [3.63, 3.8) is 0 Å². The van der Waals surface area contributed by atoms with Crippen LogP contribution in [0.1, 0.15) is 49.4 Å². The van der Waals surface area contributed by atoms with Crippen LogP contribution in [0.3, 0.4) is 0 Å². The second-order valence-corrected chi connectivity index (χ2v) is 12.2. The maximum Gasteiger partial charge on any atom is 0.304 e. The second-order valence-electron chi connectivity index (χ2n) is 10.2. The molecule has 0 aliphatic rings. The lowest BCUT2D eigenvalue weighted by molar-refractivity contribution is -0.140. The summed E-state index contributed by atoms with van der Waals surface area (Å²) in [5, 5.41) is 2.94. The molecule has 0 spiro atoms. The van der Waals surface area contributed by atoms with Crippen LogP contribution in [-0.2, 0) is 26.3 Å². The quantitative estimate of drug-likeness (QED) is 0.452. The third kappa shape index (κ3) is 8.04. The summed E-state index contributed by atoms with van der Waals surface area (Å²) in [5.41, 5.74) is 3.96. The van der Waals surface area contributed by atoms with Crippen LogP contribution in [0.25, 0.3) is 0 Å². The van der Waals surface area contributed by atoms with E-state index >= 15 is 0 Å². The summed E-state index contributed by atoms with van der Waals surface area (Å²) in [6.07, 6.45) is 0.394. The number of aryl methyl sites for hydroxylation is 3. The van der Waals surface area contributed by atoms with Crippen LogP contribution in [0.5, 0.6) is 0 Å². The highest BCUT2D eigenvalue weighted by Crippen LogP contribution is 2.26. The highest BCUT2D eigenvalue weighted by molar-refractivity contribution is 7.90. The molecule has 2 amide bonds. The van der Waals surface area contributed by atoms with Crippen LogP contribution >= 0.6 is 0 Å². The highest BCUT2D eigenvalue weighted by Gasteiger charge is 2.34. The molecule has 2 aromatic rings. The Bertz CT molecular complexity index is 1190. The summed E-state index contributed by atoms with van der Waals surface area (Å²) in [5.74, 6) is -0.433. The van der Waals surface area contributed by atoms with Crippen LogP contribution in [0.2, 0.25) is 0 Å². The minimum absolute atomic E-state index is 0.191. The molecule has 1 N–H and O–H groups in total. The average molecular weight is 531 g/mol. The maximum atomic E-state index is 13.9. The average Bonchev–Trinajstić information content (AvgIpc) is 2.82. The van der Waals surface area contributed by atoms with Gasteiger partial charge in [-0.3, -0.25) is 9.59 Å². The predicted octanol–water partition coefficient (Wildman–Crippen LogP) is 3.80. The van der Waals surface area contributed by atoms with E-state index in [9.17, 15) is 18.0 Å². The minimum atomic E-state index is -3.99. The monoisotopic (exact) mass is 530 g/mol. The number of amides is 2. The number of benzene rings is 2. The molecule has 1 unspecified atom stereocenters. The van der Waals surface area contributed by atoms with Gasteiger partial charge in [0.1, 0.15) is 12.6 Å². The summed E-state index contributed by atoms with van der Waals surface area (Å²) in [4.78, 5) is 28.7. The molecule has 9 heteroatoms. The molecule has 0 aliphatic heterocycles. The zero-order valence-electron chi connectivity index (χ0n) is 23.4. The molecule has 2 rings (SSSR count). The Kier molecular flexibility index (Phi) is 10.7. The van der Waals surface area contributed by atoms with Crippen molar-refractivity contribution in [3.05, 3.63) is 64.7 Å². The van der Waals surface area contributed by atoms with E-state index in [-0.39, 0.29) is 18.4 Å². The van der Waals surface area contributed by atoms with Gasteiger partial charge in [-0.15, -0.1) is 0 Å². The van der Waals surface area contributed by atoms with Crippen molar-refractivity contribution in [2.24, 2.45) is 5.92 Å². The van der Waals surface area contributed by atoms with Crippen molar-refractivity contribution in [2.45, 2.75) is 60.5 Å². The van der Waals surface area contributed by atoms with E-state index in [4.69, 9.17) is 0 Å². The molecule has 0 aromatic heterocycles. The van der Waals surface area contributed by atoms with Crippen LogP contribution in [0.15, 0.2) is 42.5 Å². The summed E-state index contributed by atoms with van der Waals surface area (Å²) >= 11 is 0. The zero-order valence-corrected chi connectivity index (χ0v) is 24.2. The minimum Gasteiger partial charge on any atom is -0.354 e. The zero-order chi connectivity index (χ0) is 27.9. The van der Waals surface area contributed by atoms with Crippen LogP contribution in [0.4, 0.5) is 5.69 Å². The van der Waals surface area contributed by atoms with E-state index in [0.717, 1.165) is 30.9 Å². The van der Waals surface area contributed by atoms with Gasteiger partial charge >= 0.3 is 10.2 Å². The number of nitrogens with one attached hydrogen (secondary N) is 1. The molecule has 2 aromatic carbocycles. The molecule has 0 radical (unpaired) electrons. The molecule has 37 heavy (non-hydrogen) atoms. The first-order valence-electron chi connectivity index (χ1n) is 12.7. The van der Waals surface area contributed by atoms with Gasteiger partial charge in [0.2, 0.25) is 11.8 Å². The first-order valence-corrected chi connectivity index (χ1v) is 14.1. The fourth-order valence-corrected chi connectivity index (χ4v) is 5.15. The molecule has 8 nitrogen and oxygen atoms in total. The van der Waals surface area contributed by atoms with Crippen molar-refractivity contribution in [1.29, 1.82) is 0 Å². The molecule has 0 heterocycles. The van der Waals surface area contributed by atoms with Gasteiger partial charge in [0.15, 0.2) is 0 Å². The molecule has 0 saturated carbocycles. The molecular weight excluding hydrogens is 488 g/mol. The first-order chi connectivity index (χ1) is 17.3. The number of hydrogen-bond acceptors (Lipinski definition) is 4. The lowest BCUT2D eigenvalue weighted by Gasteiger charge is -2.34. The fraction of sp³-hybridized carbons (Fsp3) is 0.500. The molecule has 0 aliphatic carbocycles. The lowest BCUT2D eigenvalue weighted by atomic mass is 10.1. The van der Waals surface area contributed by atoms with Crippen molar-refractivity contribution < 1.29 is 18.0 Å². The molecule has 1 atom stereocenters. The molecule has 0 saturated heterocycles. The van der Waals surface area contributed by atoms with E-state index in [1.54, 1.807) is 6.07 Å². The number of carbonyl (C=O) groups is 2. The van der Waals surface area contributed by atoms with Gasteiger partial charge in [0, 0.05) is 27.2 Å². The van der Waals surface area contributed by atoms with E-state index in [2.05, 4.69) is 5.32 Å². The molecular formula is C28H42N4O4S. The van der Waals surface area contributed by atoms with Crippen LogP contribution in [-0.4, -0.2) is 62.7 Å². The van der Waals surface area contributed by atoms with E-state index in [0.29, 0.717) is 18.7 Å². The van der Waals surface area contributed by atoms with Gasteiger partial charge in [-0.1, -0.05) is 62.7 Å². The van der Waals surface area contributed by atoms with Gasteiger partial charge in [-0.25, -0.2) is 4.31 Å². The van der Waals surface area contributed by atoms with Gasteiger partial charge in [-0.05, 0) is 55.9 Å².